The topological polar surface area (TPSA) is 84.9 Å². The normalized spacial score (nSPS) is 12.0. The van der Waals surface area contributed by atoms with Crippen LogP contribution < -0.4 is 19.1 Å². The largest absolute Gasteiger partial charge is 0.496 e. The minimum absolute atomic E-state index is 0.0224. The van der Waals surface area contributed by atoms with E-state index in [1.807, 2.05) is 25.1 Å². The number of nitrogens with zero attached hydrogens (tertiary/aromatic N) is 1. The zero-order chi connectivity index (χ0) is 24.7. The van der Waals surface area contributed by atoms with Crippen LogP contribution in [-0.4, -0.2) is 34.6 Å². The molecule has 0 radical (unpaired) electrons. The molecule has 0 aliphatic heterocycles. The Morgan fingerprint density at radius 3 is 2.29 bits per heavy atom. The molecule has 180 valence electrons. The van der Waals surface area contributed by atoms with Gasteiger partial charge in [-0.15, -0.1) is 0 Å². The van der Waals surface area contributed by atoms with Crippen molar-refractivity contribution in [3.8, 4) is 11.5 Å². The Labute approximate surface area is 199 Å². The highest BCUT2D eigenvalue weighted by Gasteiger charge is 2.28. The van der Waals surface area contributed by atoms with Crippen LogP contribution in [-0.2, 0) is 14.8 Å². The van der Waals surface area contributed by atoms with Gasteiger partial charge in [-0.2, -0.15) is 0 Å². The number of nitrogens with one attached hydrogen (secondary N) is 1. The molecule has 0 aliphatic carbocycles. The standard InChI is InChI=1S/C25H27FN2O5S/c1-4-33-21-13-15-22(16-14-21)34(30,31)28(20-11-9-19(26)10-12-20)17-25(29)27-18(2)23-7-5-6-8-24(23)32-3/h5-16,18H,4,17H2,1-3H3,(H,27,29). The fourth-order valence-corrected chi connectivity index (χ4v) is 4.86. The van der Waals surface area contributed by atoms with Crippen LogP contribution in [0.1, 0.15) is 25.5 Å². The Morgan fingerprint density at radius 2 is 1.68 bits per heavy atom. The predicted molar refractivity (Wildman–Crippen MR) is 128 cm³/mol. The molecule has 0 saturated heterocycles. The molecule has 3 rings (SSSR count). The highest BCUT2D eigenvalue weighted by molar-refractivity contribution is 7.92. The van der Waals surface area contributed by atoms with E-state index in [0.717, 1.165) is 22.0 Å². The lowest BCUT2D eigenvalue weighted by Crippen LogP contribution is -2.41. The SMILES string of the molecule is CCOc1ccc(S(=O)(=O)N(CC(=O)NC(C)c2ccccc2OC)c2ccc(F)cc2)cc1. The minimum Gasteiger partial charge on any atom is -0.496 e. The van der Waals surface area contributed by atoms with E-state index in [-0.39, 0.29) is 10.6 Å². The van der Waals surface area contributed by atoms with Crippen LogP contribution in [0.15, 0.2) is 77.7 Å². The minimum atomic E-state index is -4.14. The highest BCUT2D eigenvalue weighted by Crippen LogP contribution is 2.27. The molecule has 1 amide bonds. The maximum atomic E-state index is 13.5. The number of carbonyl (C=O) groups excluding carboxylic acids is 1. The first-order valence-electron chi connectivity index (χ1n) is 10.7. The zero-order valence-electron chi connectivity index (χ0n) is 19.2. The number of benzene rings is 3. The summed E-state index contributed by atoms with van der Waals surface area (Å²) in [6.07, 6.45) is 0. The van der Waals surface area contributed by atoms with Gasteiger partial charge in [0.25, 0.3) is 10.0 Å². The summed E-state index contributed by atoms with van der Waals surface area (Å²) in [5.41, 5.74) is 0.913. The molecule has 3 aromatic rings. The van der Waals surface area contributed by atoms with Gasteiger partial charge in [0.05, 0.1) is 30.3 Å². The number of amides is 1. The van der Waals surface area contributed by atoms with E-state index < -0.39 is 34.3 Å². The second-order valence-electron chi connectivity index (χ2n) is 7.42. The summed E-state index contributed by atoms with van der Waals surface area (Å²) in [5.74, 6) is 0.0829. The average Bonchev–Trinajstić information content (AvgIpc) is 2.83. The zero-order valence-corrected chi connectivity index (χ0v) is 20.0. The number of hydrogen-bond donors (Lipinski definition) is 1. The molecule has 3 aromatic carbocycles. The van der Waals surface area contributed by atoms with Gasteiger partial charge in [-0.1, -0.05) is 18.2 Å². The van der Waals surface area contributed by atoms with Crippen LogP contribution in [0, 0.1) is 5.82 Å². The Morgan fingerprint density at radius 1 is 1.03 bits per heavy atom. The van der Waals surface area contributed by atoms with Gasteiger partial charge in [-0.3, -0.25) is 9.10 Å². The van der Waals surface area contributed by atoms with E-state index in [2.05, 4.69) is 5.32 Å². The van der Waals surface area contributed by atoms with Gasteiger partial charge >= 0.3 is 0 Å². The third-order valence-corrected chi connectivity index (χ3v) is 6.90. The van der Waals surface area contributed by atoms with Crippen molar-refractivity contribution in [3.63, 3.8) is 0 Å². The lowest BCUT2D eigenvalue weighted by Gasteiger charge is -2.25. The van der Waals surface area contributed by atoms with Gasteiger partial charge in [0.1, 0.15) is 23.9 Å². The Hall–Kier alpha value is -3.59. The number of methoxy groups -OCH3 is 1. The predicted octanol–water partition coefficient (Wildman–Crippen LogP) is 4.31. The fraction of sp³-hybridized carbons (Fsp3) is 0.240. The van der Waals surface area contributed by atoms with Gasteiger partial charge in [0.2, 0.25) is 5.91 Å². The van der Waals surface area contributed by atoms with Crippen LogP contribution in [0.3, 0.4) is 0 Å². The van der Waals surface area contributed by atoms with E-state index >= 15 is 0 Å². The van der Waals surface area contributed by atoms with Gasteiger partial charge in [-0.05, 0) is 68.4 Å². The molecule has 0 heterocycles. The summed E-state index contributed by atoms with van der Waals surface area (Å²) in [5, 5.41) is 2.81. The lowest BCUT2D eigenvalue weighted by atomic mass is 10.1. The molecule has 1 unspecified atom stereocenters. The highest BCUT2D eigenvalue weighted by atomic mass is 32.2. The number of sulfonamides is 1. The summed E-state index contributed by atoms with van der Waals surface area (Å²) >= 11 is 0. The van der Waals surface area contributed by atoms with Crippen molar-refractivity contribution in [1.82, 2.24) is 5.32 Å². The lowest BCUT2D eigenvalue weighted by molar-refractivity contribution is -0.120. The quantitative estimate of drug-likeness (QED) is 0.462. The Balaban J connectivity index is 1.88. The molecular formula is C25H27FN2O5S. The van der Waals surface area contributed by atoms with Crippen LogP contribution in [0.2, 0.25) is 0 Å². The van der Waals surface area contributed by atoms with Gasteiger partial charge in [-0.25, -0.2) is 12.8 Å². The maximum Gasteiger partial charge on any atom is 0.264 e. The fourth-order valence-electron chi connectivity index (χ4n) is 3.44. The van der Waals surface area contributed by atoms with E-state index in [1.165, 1.54) is 31.4 Å². The second-order valence-corrected chi connectivity index (χ2v) is 9.29. The molecule has 7 nitrogen and oxygen atoms in total. The Kier molecular flexibility index (Phi) is 8.12. The summed E-state index contributed by atoms with van der Waals surface area (Å²) in [7, 11) is -2.60. The first-order valence-corrected chi connectivity index (χ1v) is 12.1. The molecule has 1 N–H and O–H groups in total. The van der Waals surface area contributed by atoms with Crippen molar-refractivity contribution < 1.29 is 27.1 Å². The summed E-state index contributed by atoms with van der Waals surface area (Å²) < 4.78 is 52.1. The van der Waals surface area contributed by atoms with E-state index in [9.17, 15) is 17.6 Å². The smallest absolute Gasteiger partial charge is 0.264 e. The first-order chi connectivity index (χ1) is 16.3. The van der Waals surface area contributed by atoms with Crippen LogP contribution in [0.5, 0.6) is 11.5 Å². The molecular weight excluding hydrogens is 459 g/mol. The summed E-state index contributed by atoms with van der Waals surface area (Å²) in [6.45, 7) is 3.55. The average molecular weight is 487 g/mol. The van der Waals surface area contributed by atoms with Gasteiger partial charge < -0.3 is 14.8 Å². The van der Waals surface area contributed by atoms with E-state index in [0.29, 0.717) is 18.1 Å². The van der Waals surface area contributed by atoms with Crippen molar-refractivity contribution in [3.05, 3.63) is 84.2 Å². The summed E-state index contributed by atoms with van der Waals surface area (Å²) in [4.78, 5) is 12.9. The van der Waals surface area contributed by atoms with Crippen molar-refractivity contribution >= 4 is 21.6 Å². The monoisotopic (exact) mass is 486 g/mol. The first kappa shape index (κ1) is 25.0. The number of hydrogen-bond acceptors (Lipinski definition) is 5. The maximum absolute atomic E-state index is 13.5. The van der Waals surface area contributed by atoms with Crippen molar-refractivity contribution in [2.24, 2.45) is 0 Å². The third kappa shape index (κ3) is 5.85. The molecule has 0 spiro atoms. The molecule has 0 fully saturated rings. The van der Waals surface area contributed by atoms with E-state index in [1.54, 1.807) is 25.1 Å². The molecule has 34 heavy (non-hydrogen) atoms. The van der Waals surface area contributed by atoms with Gasteiger partial charge in [0, 0.05) is 5.56 Å². The van der Waals surface area contributed by atoms with Crippen LogP contribution in [0.4, 0.5) is 10.1 Å². The second kappa shape index (κ2) is 11.0. The molecule has 1 atom stereocenters. The van der Waals surface area contributed by atoms with Gasteiger partial charge in [0.15, 0.2) is 0 Å². The molecule has 0 saturated carbocycles. The molecule has 0 aromatic heterocycles. The van der Waals surface area contributed by atoms with Crippen LogP contribution in [0.25, 0.3) is 0 Å². The number of anilines is 1. The molecule has 9 heteroatoms. The molecule has 0 bridgehead atoms. The van der Waals surface area contributed by atoms with Crippen molar-refractivity contribution in [2.45, 2.75) is 24.8 Å². The molecule has 0 aliphatic rings. The number of ether oxygens (including phenoxy) is 2. The van der Waals surface area contributed by atoms with Crippen molar-refractivity contribution in [2.75, 3.05) is 24.6 Å². The van der Waals surface area contributed by atoms with E-state index in [4.69, 9.17) is 9.47 Å². The van der Waals surface area contributed by atoms with Crippen LogP contribution >= 0.6 is 0 Å². The summed E-state index contributed by atoms with van der Waals surface area (Å²) in [6, 6.07) is 17.6. The Bertz CT molecular complexity index is 1210. The number of para-hydroxylation sites is 1. The number of rotatable bonds is 10. The van der Waals surface area contributed by atoms with Crippen molar-refractivity contribution in [1.29, 1.82) is 0 Å². The number of halogens is 1. The third-order valence-electron chi connectivity index (χ3n) is 5.11. The number of carbonyl (C=O) groups is 1.